The summed E-state index contributed by atoms with van der Waals surface area (Å²) in [7, 11) is 0. The Labute approximate surface area is 172 Å². The van der Waals surface area contributed by atoms with E-state index in [4.69, 9.17) is 4.74 Å². The Bertz CT molecular complexity index is 851. The number of carbonyl (C=O) groups excluding carboxylic acids is 1. The second kappa shape index (κ2) is 8.17. The zero-order valence-electron chi connectivity index (χ0n) is 15.5. The van der Waals surface area contributed by atoms with E-state index in [1.807, 2.05) is 64.7 Å². The van der Waals surface area contributed by atoms with Gasteiger partial charge in [0, 0.05) is 23.7 Å². The molecule has 2 N–H and O–H groups in total. The molecule has 146 valence electrons. The first-order chi connectivity index (χ1) is 13.7. The number of hydrogen-bond acceptors (Lipinski definition) is 5. The Balaban J connectivity index is 1.61. The zero-order chi connectivity index (χ0) is 19.5. The number of hydrogen-bond donors (Lipinski definition) is 2. The summed E-state index contributed by atoms with van der Waals surface area (Å²) in [5.74, 6) is -0.0489. The summed E-state index contributed by atoms with van der Waals surface area (Å²) in [5.41, 5.74) is -0.0378. The highest BCUT2D eigenvalue weighted by Crippen LogP contribution is 2.37. The van der Waals surface area contributed by atoms with Crippen LogP contribution in [-0.2, 0) is 20.5 Å². The number of benzene rings is 1. The molecule has 4 nitrogen and oxygen atoms in total. The molecule has 0 bridgehead atoms. The minimum atomic E-state index is -1.23. The molecule has 1 fully saturated rings. The average Bonchev–Trinajstić information content (AvgIpc) is 3.48. The van der Waals surface area contributed by atoms with Crippen molar-refractivity contribution in [3.05, 3.63) is 80.7 Å². The van der Waals surface area contributed by atoms with Crippen molar-refractivity contribution in [2.45, 2.75) is 23.9 Å². The number of amides is 1. The smallest absolute Gasteiger partial charge is 0.230 e. The van der Waals surface area contributed by atoms with Crippen LogP contribution in [0.3, 0.4) is 0 Å². The molecule has 0 aliphatic carbocycles. The Kier molecular flexibility index (Phi) is 5.64. The summed E-state index contributed by atoms with van der Waals surface area (Å²) < 4.78 is 5.53. The molecular formula is C22H23NO3S2. The topological polar surface area (TPSA) is 58.6 Å². The van der Waals surface area contributed by atoms with Crippen LogP contribution in [0.4, 0.5) is 0 Å². The zero-order valence-corrected chi connectivity index (χ0v) is 17.1. The van der Waals surface area contributed by atoms with Crippen LogP contribution < -0.4 is 5.32 Å². The Hall–Kier alpha value is -1.99. The molecule has 0 spiro atoms. The highest BCUT2D eigenvalue weighted by Gasteiger charge is 2.43. The van der Waals surface area contributed by atoms with E-state index in [0.29, 0.717) is 26.1 Å². The van der Waals surface area contributed by atoms with E-state index in [1.165, 1.54) is 22.7 Å². The van der Waals surface area contributed by atoms with E-state index in [0.717, 1.165) is 16.0 Å². The van der Waals surface area contributed by atoms with Gasteiger partial charge in [0.2, 0.25) is 5.91 Å². The molecule has 0 saturated carbocycles. The second-order valence-corrected chi connectivity index (χ2v) is 8.82. The summed E-state index contributed by atoms with van der Waals surface area (Å²) in [6.07, 6.45) is 1.28. The minimum absolute atomic E-state index is 0.0489. The van der Waals surface area contributed by atoms with E-state index in [2.05, 4.69) is 5.32 Å². The molecule has 6 heteroatoms. The molecule has 1 aliphatic heterocycles. The van der Waals surface area contributed by atoms with Crippen LogP contribution in [0.15, 0.2) is 64.7 Å². The van der Waals surface area contributed by atoms with Crippen LogP contribution >= 0.6 is 22.7 Å². The SMILES string of the molecule is O=C(NCC(O)(c1ccsc1)c1cccs1)C1(c2ccccc2)CCOCC1. The van der Waals surface area contributed by atoms with Crippen molar-refractivity contribution in [3.8, 4) is 0 Å². The maximum absolute atomic E-state index is 13.4. The molecule has 1 aromatic carbocycles. The largest absolute Gasteiger partial charge is 0.381 e. The molecule has 3 heterocycles. The Morgan fingerprint density at radius 3 is 2.54 bits per heavy atom. The first-order valence-electron chi connectivity index (χ1n) is 9.36. The number of carbonyl (C=O) groups is 1. The van der Waals surface area contributed by atoms with Crippen molar-refractivity contribution >= 4 is 28.6 Å². The second-order valence-electron chi connectivity index (χ2n) is 7.09. The molecule has 0 radical (unpaired) electrons. The lowest BCUT2D eigenvalue weighted by Gasteiger charge is -2.37. The minimum Gasteiger partial charge on any atom is -0.381 e. The number of nitrogens with one attached hydrogen (secondary N) is 1. The standard InChI is InChI=1S/C22H23NO3S2/c24-20(21(9-11-26-12-10-21)17-5-2-1-3-6-17)23-16-22(25,18-8-14-27-15-18)19-7-4-13-28-19/h1-8,13-15,25H,9-12,16H2,(H,23,24). The molecule has 1 unspecified atom stereocenters. The van der Waals surface area contributed by atoms with Gasteiger partial charge in [0.1, 0.15) is 5.60 Å². The van der Waals surface area contributed by atoms with Crippen molar-refractivity contribution in [3.63, 3.8) is 0 Å². The predicted molar refractivity (Wildman–Crippen MR) is 113 cm³/mol. The fraction of sp³-hybridized carbons (Fsp3) is 0.318. The molecule has 1 atom stereocenters. The van der Waals surface area contributed by atoms with Gasteiger partial charge in [-0.05, 0) is 46.7 Å². The van der Waals surface area contributed by atoms with Crippen LogP contribution in [0.25, 0.3) is 0 Å². The van der Waals surface area contributed by atoms with Gasteiger partial charge in [-0.3, -0.25) is 4.79 Å². The third-order valence-electron chi connectivity index (χ3n) is 5.54. The fourth-order valence-corrected chi connectivity index (χ4v) is 5.42. The number of aliphatic hydroxyl groups is 1. The number of thiophene rings is 2. The van der Waals surface area contributed by atoms with E-state index < -0.39 is 11.0 Å². The highest BCUT2D eigenvalue weighted by molar-refractivity contribution is 7.10. The van der Waals surface area contributed by atoms with Gasteiger partial charge >= 0.3 is 0 Å². The van der Waals surface area contributed by atoms with Crippen LogP contribution in [0.5, 0.6) is 0 Å². The average molecular weight is 414 g/mol. The molecule has 2 aromatic heterocycles. The molecule has 1 saturated heterocycles. The summed E-state index contributed by atoms with van der Waals surface area (Å²) >= 11 is 3.03. The van der Waals surface area contributed by atoms with Gasteiger partial charge in [0.15, 0.2) is 0 Å². The lowest BCUT2D eigenvalue weighted by molar-refractivity contribution is -0.131. The maximum Gasteiger partial charge on any atom is 0.230 e. The number of rotatable bonds is 6. The summed E-state index contributed by atoms with van der Waals surface area (Å²) in [5, 5.41) is 20.4. The molecule has 1 amide bonds. The maximum atomic E-state index is 13.4. The van der Waals surface area contributed by atoms with E-state index in [-0.39, 0.29) is 12.5 Å². The first-order valence-corrected chi connectivity index (χ1v) is 11.2. The van der Waals surface area contributed by atoms with Crippen molar-refractivity contribution in [1.29, 1.82) is 0 Å². The summed E-state index contributed by atoms with van der Waals surface area (Å²) in [6.45, 7) is 1.25. The van der Waals surface area contributed by atoms with Crippen LogP contribution in [0.1, 0.15) is 28.8 Å². The van der Waals surface area contributed by atoms with Gasteiger partial charge in [-0.1, -0.05) is 36.4 Å². The molecular weight excluding hydrogens is 390 g/mol. The highest BCUT2D eigenvalue weighted by atomic mass is 32.1. The summed E-state index contributed by atoms with van der Waals surface area (Å²) in [4.78, 5) is 14.3. The normalized spacial score (nSPS) is 18.3. The van der Waals surface area contributed by atoms with Crippen LogP contribution in [0, 0.1) is 0 Å². The molecule has 1 aliphatic rings. The molecule has 3 aromatic rings. The monoisotopic (exact) mass is 413 g/mol. The first kappa shape index (κ1) is 19.3. The van der Waals surface area contributed by atoms with E-state index in [9.17, 15) is 9.90 Å². The van der Waals surface area contributed by atoms with Gasteiger partial charge in [-0.2, -0.15) is 11.3 Å². The molecule has 28 heavy (non-hydrogen) atoms. The van der Waals surface area contributed by atoms with Crippen molar-refractivity contribution in [2.24, 2.45) is 0 Å². The van der Waals surface area contributed by atoms with Crippen molar-refractivity contribution in [1.82, 2.24) is 5.32 Å². The lowest BCUT2D eigenvalue weighted by atomic mass is 9.73. The van der Waals surface area contributed by atoms with Crippen LogP contribution in [0.2, 0.25) is 0 Å². The van der Waals surface area contributed by atoms with Crippen LogP contribution in [-0.4, -0.2) is 30.8 Å². The van der Waals surface area contributed by atoms with Crippen molar-refractivity contribution in [2.75, 3.05) is 19.8 Å². The van der Waals surface area contributed by atoms with E-state index >= 15 is 0 Å². The third-order valence-corrected chi connectivity index (χ3v) is 7.24. The van der Waals surface area contributed by atoms with Crippen molar-refractivity contribution < 1.29 is 14.6 Å². The summed E-state index contributed by atoms with van der Waals surface area (Å²) in [6, 6.07) is 15.7. The van der Waals surface area contributed by atoms with Gasteiger partial charge in [-0.15, -0.1) is 11.3 Å². The fourth-order valence-electron chi connectivity index (χ4n) is 3.85. The quantitative estimate of drug-likeness (QED) is 0.644. The number of ether oxygens (including phenoxy) is 1. The van der Waals surface area contributed by atoms with E-state index in [1.54, 1.807) is 0 Å². The lowest BCUT2D eigenvalue weighted by Crippen LogP contribution is -2.51. The van der Waals surface area contributed by atoms with Gasteiger partial charge in [0.25, 0.3) is 0 Å². The Morgan fingerprint density at radius 2 is 1.89 bits per heavy atom. The molecule has 4 rings (SSSR count). The van der Waals surface area contributed by atoms with Gasteiger partial charge < -0.3 is 15.2 Å². The third kappa shape index (κ3) is 3.53. The predicted octanol–water partition coefficient (Wildman–Crippen LogP) is 3.91. The van der Waals surface area contributed by atoms with Gasteiger partial charge in [-0.25, -0.2) is 0 Å². The van der Waals surface area contributed by atoms with Gasteiger partial charge in [0.05, 0.1) is 12.0 Å². The Morgan fingerprint density at radius 1 is 1.11 bits per heavy atom.